The van der Waals surface area contributed by atoms with Crippen LogP contribution in [-0.4, -0.2) is 29.7 Å². The highest BCUT2D eigenvalue weighted by molar-refractivity contribution is 6.35. The first-order valence-corrected chi connectivity index (χ1v) is 9.83. The highest BCUT2D eigenvalue weighted by Crippen LogP contribution is 2.29. The van der Waals surface area contributed by atoms with Gasteiger partial charge in [-0.25, -0.2) is 0 Å². The molecule has 0 radical (unpaired) electrons. The smallest absolute Gasteiger partial charge is 0.309 e. The molecule has 0 saturated heterocycles. The van der Waals surface area contributed by atoms with Crippen LogP contribution >= 0.6 is 23.2 Å². The number of esters is 2. The van der Waals surface area contributed by atoms with Gasteiger partial charge in [-0.3, -0.25) is 9.59 Å². The van der Waals surface area contributed by atoms with Gasteiger partial charge >= 0.3 is 11.9 Å². The van der Waals surface area contributed by atoms with E-state index in [9.17, 15) is 9.59 Å². The average Bonchev–Trinajstić information content (AvgIpc) is 2.54. The molecule has 156 valence electrons. The Morgan fingerprint density at radius 2 is 1.86 bits per heavy atom. The Labute approximate surface area is 176 Å². The molecular weight excluding hydrogens is 403 g/mol. The van der Waals surface area contributed by atoms with Crippen molar-refractivity contribution in [1.82, 2.24) is 0 Å². The van der Waals surface area contributed by atoms with Gasteiger partial charge in [-0.15, -0.1) is 6.58 Å². The molecule has 1 aromatic rings. The van der Waals surface area contributed by atoms with Crippen LogP contribution in [0, 0.1) is 5.92 Å². The van der Waals surface area contributed by atoms with Gasteiger partial charge in [0.1, 0.15) is 23.6 Å². The van der Waals surface area contributed by atoms with Crippen LogP contribution in [-0.2, 0) is 19.1 Å². The standard InChI is InChI=1S/C21H28Cl2O5/c1-7-8-17(27-18-10-9-15(22)12-16(18)23)14(3)26-20(25)13(2)11-19(24)28-21(4,5)6/h7,9-10,12-14,17H,1,8,11H2,2-6H3/t13-,14+,17-/m1/s1. The zero-order chi connectivity index (χ0) is 21.5. The second-order valence-corrected chi connectivity index (χ2v) is 8.43. The van der Waals surface area contributed by atoms with Crippen LogP contribution < -0.4 is 4.74 Å². The second-order valence-electron chi connectivity index (χ2n) is 7.59. The minimum Gasteiger partial charge on any atom is -0.485 e. The minimum absolute atomic E-state index is 0.0567. The van der Waals surface area contributed by atoms with Crippen LogP contribution in [0.3, 0.4) is 0 Å². The second kappa shape index (κ2) is 10.7. The lowest BCUT2D eigenvalue weighted by molar-refractivity contribution is -0.165. The van der Waals surface area contributed by atoms with E-state index in [-0.39, 0.29) is 6.42 Å². The summed E-state index contributed by atoms with van der Waals surface area (Å²) in [7, 11) is 0. The fraction of sp³-hybridized carbons (Fsp3) is 0.524. The third kappa shape index (κ3) is 8.53. The molecule has 0 N–H and O–H groups in total. The van der Waals surface area contributed by atoms with Crippen molar-refractivity contribution in [3.8, 4) is 5.75 Å². The molecule has 3 atom stereocenters. The first-order chi connectivity index (χ1) is 12.9. The predicted molar refractivity (Wildman–Crippen MR) is 111 cm³/mol. The third-order valence-electron chi connectivity index (χ3n) is 3.69. The normalized spacial score (nSPS) is 14.5. The van der Waals surface area contributed by atoms with E-state index < -0.39 is 35.7 Å². The monoisotopic (exact) mass is 430 g/mol. The Morgan fingerprint density at radius 3 is 2.39 bits per heavy atom. The van der Waals surface area contributed by atoms with Gasteiger partial charge in [0.15, 0.2) is 0 Å². The number of benzene rings is 1. The van der Waals surface area contributed by atoms with Crippen LogP contribution in [0.25, 0.3) is 0 Å². The molecule has 0 unspecified atom stereocenters. The van der Waals surface area contributed by atoms with E-state index in [1.807, 2.05) is 0 Å². The SMILES string of the molecule is C=CC[C@@H](Oc1ccc(Cl)cc1Cl)[C@H](C)OC(=O)[C@H](C)CC(=O)OC(C)(C)C. The van der Waals surface area contributed by atoms with Gasteiger partial charge in [0.25, 0.3) is 0 Å². The van der Waals surface area contributed by atoms with E-state index in [1.54, 1.807) is 58.9 Å². The third-order valence-corrected chi connectivity index (χ3v) is 4.22. The van der Waals surface area contributed by atoms with E-state index in [0.717, 1.165) is 0 Å². The maximum absolute atomic E-state index is 12.4. The van der Waals surface area contributed by atoms with Crippen LogP contribution in [0.15, 0.2) is 30.9 Å². The maximum atomic E-state index is 12.4. The molecule has 0 aromatic heterocycles. The molecule has 1 aromatic carbocycles. The molecular formula is C21H28Cl2O5. The van der Waals surface area contributed by atoms with E-state index >= 15 is 0 Å². The van der Waals surface area contributed by atoms with Gasteiger partial charge in [0.2, 0.25) is 0 Å². The molecule has 0 spiro atoms. The Morgan fingerprint density at radius 1 is 1.21 bits per heavy atom. The lowest BCUT2D eigenvalue weighted by atomic mass is 10.1. The molecule has 0 bridgehead atoms. The average molecular weight is 431 g/mol. The maximum Gasteiger partial charge on any atom is 0.309 e. The molecule has 7 heteroatoms. The largest absolute Gasteiger partial charge is 0.485 e. The molecule has 5 nitrogen and oxygen atoms in total. The van der Waals surface area contributed by atoms with Gasteiger partial charge in [0.05, 0.1) is 17.4 Å². The first kappa shape index (κ1) is 24.3. The van der Waals surface area contributed by atoms with E-state index in [4.69, 9.17) is 37.4 Å². The summed E-state index contributed by atoms with van der Waals surface area (Å²) < 4.78 is 16.6. The van der Waals surface area contributed by atoms with Crippen molar-refractivity contribution < 1.29 is 23.8 Å². The van der Waals surface area contributed by atoms with E-state index in [0.29, 0.717) is 22.2 Å². The number of hydrogen-bond donors (Lipinski definition) is 0. The highest BCUT2D eigenvalue weighted by atomic mass is 35.5. The molecule has 0 heterocycles. The fourth-order valence-electron chi connectivity index (χ4n) is 2.33. The zero-order valence-electron chi connectivity index (χ0n) is 17.0. The highest BCUT2D eigenvalue weighted by Gasteiger charge is 2.28. The van der Waals surface area contributed by atoms with Crippen molar-refractivity contribution in [2.24, 2.45) is 5.92 Å². The van der Waals surface area contributed by atoms with Crippen molar-refractivity contribution >= 4 is 35.1 Å². The van der Waals surface area contributed by atoms with E-state index in [1.165, 1.54) is 0 Å². The van der Waals surface area contributed by atoms with Crippen LogP contribution in [0.5, 0.6) is 5.75 Å². The summed E-state index contributed by atoms with van der Waals surface area (Å²) in [5.41, 5.74) is -0.602. The van der Waals surface area contributed by atoms with Gasteiger partial charge < -0.3 is 14.2 Å². The van der Waals surface area contributed by atoms with Gasteiger partial charge in [-0.2, -0.15) is 0 Å². The summed E-state index contributed by atoms with van der Waals surface area (Å²) in [6, 6.07) is 4.89. The molecule has 1 rings (SSSR count). The molecule has 0 amide bonds. The Kier molecular flexibility index (Phi) is 9.31. The zero-order valence-corrected chi connectivity index (χ0v) is 18.5. The summed E-state index contributed by atoms with van der Waals surface area (Å²) in [4.78, 5) is 24.3. The molecule has 0 aliphatic rings. The topological polar surface area (TPSA) is 61.8 Å². The number of rotatable bonds is 9. The van der Waals surface area contributed by atoms with Crippen molar-refractivity contribution in [3.63, 3.8) is 0 Å². The minimum atomic E-state index is -0.638. The number of carbonyl (C=O) groups is 2. The summed E-state index contributed by atoms with van der Waals surface area (Å²) in [6.45, 7) is 12.4. The summed E-state index contributed by atoms with van der Waals surface area (Å²) in [6.07, 6.45) is 0.975. The van der Waals surface area contributed by atoms with Gasteiger partial charge in [0, 0.05) is 11.4 Å². The summed E-state index contributed by atoms with van der Waals surface area (Å²) in [5, 5.41) is 0.853. The number of hydrogen-bond acceptors (Lipinski definition) is 5. The Bertz CT molecular complexity index is 697. The van der Waals surface area contributed by atoms with Gasteiger partial charge in [-0.05, 0) is 45.9 Å². The predicted octanol–water partition coefficient (Wildman–Crippen LogP) is 5.62. The summed E-state index contributed by atoms with van der Waals surface area (Å²) >= 11 is 12.0. The van der Waals surface area contributed by atoms with Crippen molar-refractivity contribution in [1.29, 1.82) is 0 Å². The lowest BCUT2D eigenvalue weighted by Crippen LogP contribution is -2.35. The molecule has 28 heavy (non-hydrogen) atoms. The molecule has 0 saturated carbocycles. The van der Waals surface area contributed by atoms with Crippen LogP contribution in [0.4, 0.5) is 0 Å². The fourth-order valence-corrected chi connectivity index (χ4v) is 2.78. The Hall–Kier alpha value is -1.72. The number of halogens is 2. The molecule has 0 fully saturated rings. The molecule has 0 aliphatic heterocycles. The number of carbonyl (C=O) groups excluding carboxylic acids is 2. The quantitative estimate of drug-likeness (QED) is 0.375. The number of ether oxygens (including phenoxy) is 3. The van der Waals surface area contributed by atoms with Gasteiger partial charge in [-0.1, -0.05) is 36.2 Å². The van der Waals surface area contributed by atoms with Crippen molar-refractivity contribution in [2.45, 2.75) is 65.3 Å². The molecule has 0 aliphatic carbocycles. The van der Waals surface area contributed by atoms with Crippen molar-refractivity contribution in [2.75, 3.05) is 0 Å². The van der Waals surface area contributed by atoms with Crippen LogP contribution in [0.2, 0.25) is 10.0 Å². The first-order valence-electron chi connectivity index (χ1n) is 9.08. The van der Waals surface area contributed by atoms with E-state index in [2.05, 4.69) is 6.58 Å². The Balaban J connectivity index is 2.71. The van der Waals surface area contributed by atoms with Crippen molar-refractivity contribution in [3.05, 3.63) is 40.9 Å². The summed E-state index contributed by atoms with van der Waals surface area (Å²) in [5.74, 6) is -1.15. The lowest BCUT2D eigenvalue weighted by Gasteiger charge is -2.26. The van der Waals surface area contributed by atoms with Crippen LogP contribution in [0.1, 0.15) is 47.5 Å².